The first-order valence-corrected chi connectivity index (χ1v) is 3.36. The summed E-state index contributed by atoms with van der Waals surface area (Å²) in [6.45, 7) is 3.33. The molecule has 2 atom stereocenters. The van der Waals surface area contributed by atoms with Crippen LogP contribution in [0.15, 0.2) is 0 Å². The van der Waals surface area contributed by atoms with Gasteiger partial charge in [0.15, 0.2) is 0 Å². The zero-order chi connectivity index (χ0) is 8.31. The summed E-state index contributed by atoms with van der Waals surface area (Å²) in [6.07, 6.45) is -0.560. The molecular weight excluding hydrogens is 130 g/mol. The van der Waals surface area contributed by atoms with Crippen molar-refractivity contribution in [2.75, 3.05) is 14.1 Å². The molecule has 1 unspecified atom stereocenters. The third-order valence-corrected chi connectivity index (χ3v) is 1.55. The van der Waals surface area contributed by atoms with E-state index in [0.29, 0.717) is 0 Å². The molecule has 1 amide bonds. The van der Waals surface area contributed by atoms with Gasteiger partial charge in [-0.25, -0.2) is 0 Å². The summed E-state index contributed by atoms with van der Waals surface area (Å²) < 4.78 is 0. The molecule has 3 nitrogen and oxygen atoms in total. The van der Waals surface area contributed by atoms with Crippen molar-refractivity contribution >= 4 is 5.91 Å². The third kappa shape index (κ3) is 2.35. The van der Waals surface area contributed by atoms with Crippen LogP contribution < -0.4 is 0 Å². The maximum Gasteiger partial charge on any atom is 0.227 e. The molecule has 0 spiro atoms. The third-order valence-electron chi connectivity index (χ3n) is 1.55. The van der Waals surface area contributed by atoms with Crippen LogP contribution in [0.3, 0.4) is 0 Å². The molecule has 60 valence electrons. The summed E-state index contributed by atoms with van der Waals surface area (Å²) in [7, 11) is 3.36. The average Bonchev–Trinajstić information content (AvgIpc) is 1.84. The van der Waals surface area contributed by atoms with Gasteiger partial charge in [-0.2, -0.15) is 0 Å². The van der Waals surface area contributed by atoms with Crippen LogP contribution in [0.4, 0.5) is 0 Å². The Morgan fingerprint density at radius 3 is 1.90 bits per heavy atom. The molecule has 3 heteroatoms. The predicted molar refractivity (Wildman–Crippen MR) is 39.5 cm³/mol. The van der Waals surface area contributed by atoms with Gasteiger partial charge in [-0.05, 0) is 6.92 Å². The molecule has 0 aliphatic rings. The van der Waals surface area contributed by atoms with Crippen LogP contribution in [-0.4, -0.2) is 36.1 Å². The molecule has 0 heterocycles. The SMILES string of the molecule is CC(O)[C@H](C)C(=O)N(C)C. The van der Waals surface area contributed by atoms with E-state index in [0.717, 1.165) is 0 Å². The Morgan fingerprint density at radius 1 is 1.40 bits per heavy atom. The summed E-state index contributed by atoms with van der Waals surface area (Å²) in [5, 5.41) is 8.99. The molecule has 10 heavy (non-hydrogen) atoms. The number of aliphatic hydroxyl groups excluding tert-OH is 1. The molecular formula is C7H15NO2. The standard InChI is InChI=1S/C7H15NO2/c1-5(6(2)9)7(10)8(3)4/h5-6,9H,1-4H3/t5-,6?/m0/s1. The van der Waals surface area contributed by atoms with E-state index >= 15 is 0 Å². The highest BCUT2D eigenvalue weighted by Gasteiger charge is 2.18. The monoisotopic (exact) mass is 145 g/mol. The van der Waals surface area contributed by atoms with E-state index in [1.807, 2.05) is 0 Å². The topological polar surface area (TPSA) is 40.5 Å². The van der Waals surface area contributed by atoms with Crippen LogP contribution >= 0.6 is 0 Å². The number of hydrogen-bond acceptors (Lipinski definition) is 2. The van der Waals surface area contributed by atoms with Gasteiger partial charge in [-0.1, -0.05) is 6.92 Å². The lowest BCUT2D eigenvalue weighted by Gasteiger charge is -2.18. The van der Waals surface area contributed by atoms with E-state index in [1.165, 1.54) is 4.90 Å². The molecule has 0 aromatic carbocycles. The van der Waals surface area contributed by atoms with Crippen molar-refractivity contribution in [3.63, 3.8) is 0 Å². The summed E-state index contributed by atoms with van der Waals surface area (Å²) >= 11 is 0. The van der Waals surface area contributed by atoms with Crippen molar-refractivity contribution in [3.05, 3.63) is 0 Å². The predicted octanol–water partition coefficient (Wildman–Crippen LogP) is 0.0915. The summed E-state index contributed by atoms with van der Waals surface area (Å²) in [5.41, 5.74) is 0. The van der Waals surface area contributed by atoms with Gasteiger partial charge in [0.2, 0.25) is 5.91 Å². The first kappa shape index (κ1) is 9.43. The molecule has 0 bridgehead atoms. The van der Waals surface area contributed by atoms with Crippen molar-refractivity contribution in [1.82, 2.24) is 4.90 Å². The minimum atomic E-state index is -0.560. The molecule has 0 saturated heterocycles. The zero-order valence-corrected chi connectivity index (χ0v) is 6.96. The number of rotatable bonds is 2. The normalized spacial score (nSPS) is 16.1. The largest absolute Gasteiger partial charge is 0.393 e. The number of aliphatic hydroxyl groups is 1. The first-order valence-electron chi connectivity index (χ1n) is 3.36. The number of nitrogens with zero attached hydrogens (tertiary/aromatic N) is 1. The van der Waals surface area contributed by atoms with Gasteiger partial charge < -0.3 is 10.0 Å². The molecule has 0 radical (unpaired) electrons. The summed E-state index contributed by atoms with van der Waals surface area (Å²) in [4.78, 5) is 12.5. The van der Waals surface area contributed by atoms with Gasteiger partial charge in [-0.3, -0.25) is 4.79 Å². The van der Waals surface area contributed by atoms with Crippen molar-refractivity contribution in [2.24, 2.45) is 5.92 Å². The molecule has 0 aromatic heterocycles. The highest BCUT2D eigenvalue weighted by molar-refractivity contribution is 5.78. The second kappa shape index (κ2) is 3.56. The van der Waals surface area contributed by atoms with Crippen molar-refractivity contribution in [3.8, 4) is 0 Å². The van der Waals surface area contributed by atoms with Gasteiger partial charge in [0.05, 0.1) is 12.0 Å². The zero-order valence-electron chi connectivity index (χ0n) is 6.96. The van der Waals surface area contributed by atoms with E-state index in [-0.39, 0.29) is 11.8 Å². The van der Waals surface area contributed by atoms with E-state index in [9.17, 15) is 4.79 Å². The van der Waals surface area contributed by atoms with Crippen LogP contribution in [0.1, 0.15) is 13.8 Å². The lowest BCUT2D eigenvalue weighted by Crippen LogP contribution is -2.33. The van der Waals surface area contributed by atoms with Crippen molar-refractivity contribution < 1.29 is 9.90 Å². The van der Waals surface area contributed by atoms with Gasteiger partial charge in [0, 0.05) is 14.1 Å². The number of carbonyl (C=O) groups is 1. The van der Waals surface area contributed by atoms with E-state index < -0.39 is 6.10 Å². The Labute approximate surface area is 61.6 Å². The Morgan fingerprint density at radius 2 is 1.80 bits per heavy atom. The fourth-order valence-corrected chi connectivity index (χ4v) is 0.614. The fraction of sp³-hybridized carbons (Fsp3) is 0.857. The molecule has 0 aliphatic heterocycles. The van der Waals surface area contributed by atoms with Crippen LogP contribution in [0.2, 0.25) is 0 Å². The Bertz CT molecular complexity index is 121. The minimum Gasteiger partial charge on any atom is -0.393 e. The second-order valence-electron chi connectivity index (χ2n) is 2.76. The lowest BCUT2D eigenvalue weighted by atomic mass is 10.1. The van der Waals surface area contributed by atoms with Crippen molar-refractivity contribution in [2.45, 2.75) is 20.0 Å². The number of hydrogen-bond donors (Lipinski definition) is 1. The van der Waals surface area contributed by atoms with E-state index in [2.05, 4.69) is 0 Å². The average molecular weight is 145 g/mol. The van der Waals surface area contributed by atoms with Gasteiger partial charge >= 0.3 is 0 Å². The fourth-order valence-electron chi connectivity index (χ4n) is 0.614. The second-order valence-corrected chi connectivity index (χ2v) is 2.76. The Hall–Kier alpha value is -0.570. The van der Waals surface area contributed by atoms with Crippen LogP contribution in [0.5, 0.6) is 0 Å². The number of carbonyl (C=O) groups excluding carboxylic acids is 1. The minimum absolute atomic E-state index is 0.0324. The van der Waals surface area contributed by atoms with Crippen LogP contribution in [0.25, 0.3) is 0 Å². The maximum absolute atomic E-state index is 11.1. The van der Waals surface area contributed by atoms with Crippen LogP contribution in [-0.2, 0) is 4.79 Å². The summed E-state index contributed by atoms with van der Waals surface area (Å²) in [5.74, 6) is -0.329. The van der Waals surface area contributed by atoms with Crippen molar-refractivity contribution in [1.29, 1.82) is 0 Å². The smallest absolute Gasteiger partial charge is 0.227 e. The highest BCUT2D eigenvalue weighted by atomic mass is 16.3. The lowest BCUT2D eigenvalue weighted by molar-refractivity contribution is -0.135. The molecule has 0 saturated carbocycles. The van der Waals surface area contributed by atoms with Gasteiger partial charge in [0.1, 0.15) is 0 Å². The molecule has 1 N–H and O–H groups in total. The Balaban J connectivity index is 3.95. The van der Waals surface area contributed by atoms with Gasteiger partial charge in [-0.15, -0.1) is 0 Å². The highest BCUT2D eigenvalue weighted by Crippen LogP contribution is 2.04. The number of amides is 1. The van der Waals surface area contributed by atoms with E-state index in [4.69, 9.17) is 5.11 Å². The van der Waals surface area contributed by atoms with Gasteiger partial charge in [0.25, 0.3) is 0 Å². The quantitative estimate of drug-likeness (QED) is 0.598. The Kier molecular flexibility index (Phi) is 3.36. The molecule has 0 aromatic rings. The van der Waals surface area contributed by atoms with Crippen LogP contribution in [0, 0.1) is 5.92 Å². The molecule has 0 rings (SSSR count). The van der Waals surface area contributed by atoms with E-state index in [1.54, 1.807) is 27.9 Å². The summed E-state index contributed by atoms with van der Waals surface area (Å²) in [6, 6.07) is 0. The molecule has 0 aliphatic carbocycles. The maximum atomic E-state index is 11.1. The molecule has 0 fully saturated rings. The first-order chi connectivity index (χ1) is 4.46.